The number of ether oxygens (including phenoxy) is 3. The topological polar surface area (TPSA) is 90.3 Å². The van der Waals surface area contributed by atoms with Crippen molar-refractivity contribution in [2.75, 3.05) is 34.5 Å². The molecule has 9 heteroatoms. The van der Waals surface area contributed by atoms with Crippen molar-refractivity contribution in [3.63, 3.8) is 0 Å². The van der Waals surface area contributed by atoms with Gasteiger partial charge in [0.25, 0.3) is 8.32 Å². The average Bonchev–Trinajstić information content (AvgIpc) is 2.96. The van der Waals surface area contributed by atoms with Crippen LogP contribution in [0.2, 0.25) is 5.04 Å². The Morgan fingerprint density at radius 1 is 0.950 bits per heavy atom. The minimum atomic E-state index is -2.85. The van der Waals surface area contributed by atoms with Gasteiger partial charge in [0, 0.05) is 43.5 Å². The highest BCUT2D eigenvalue weighted by atomic mass is 79.9. The number of aliphatic hydroxyl groups excluding tert-OH is 2. The molecular formula is C31H42BrNO6Si. The van der Waals surface area contributed by atoms with E-state index in [4.69, 9.17) is 18.6 Å². The molecule has 0 bridgehead atoms. The number of nitrogens with zero attached hydrogens (tertiary/aromatic N) is 1. The quantitative estimate of drug-likeness (QED) is 0.267. The molecule has 40 heavy (non-hydrogen) atoms. The smallest absolute Gasteiger partial charge is 0.261 e. The van der Waals surface area contributed by atoms with Crippen LogP contribution in [0.15, 0.2) is 71.3 Å². The summed E-state index contributed by atoms with van der Waals surface area (Å²) in [6.45, 7) is 8.23. The number of methoxy groups -OCH3 is 3. The third kappa shape index (κ3) is 6.06. The summed E-state index contributed by atoms with van der Waals surface area (Å²) in [5.74, 6) is 0.515. The molecule has 0 aliphatic carbocycles. The van der Waals surface area contributed by atoms with Gasteiger partial charge in [-0.3, -0.25) is 4.98 Å². The molecular weight excluding hydrogens is 590 g/mol. The Balaban J connectivity index is 2.12. The van der Waals surface area contributed by atoms with Crippen LogP contribution in [0.5, 0.6) is 5.75 Å². The van der Waals surface area contributed by atoms with Gasteiger partial charge < -0.3 is 28.8 Å². The molecule has 0 spiro atoms. The normalized spacial score (nSPS) is 15.3. The van der Waals surface area contributed by atoms with E-state index in [9.17, 15) is 10.2 Å². The standard InChI is InChI=1S/C31H42BrNO6Si/c1-22-25(32)20-33-27(28(22)36-5)29(37-6)31(38-7,26(35)21-34)18-19-39-40(30(2,3)4,23-14-10-8-11-15-23)24-16-12-9-13-17-24/h8-17,20,26,29,34-35H,18-19,21H2,1-7H3. The fourth-order valence-electron chi connectivity index (χ4n) is 5.67. The SMILES string of the molecule is COc1c(C(OC)C(CCO[Si](c2ccccc2)(c2ccccc2)C(C)(C)C)(OC)C(O)CO)ncc(Br)c1C. The first-order valence-electron chi connectivity index (χ1n) is 13.3. The van der Waals surface area contributed by atoms with Gasteiger partial charge in [-0.1, -0.05) is 81.4 Å². The van der Waals surface area contributed by atoms with Crippen LogP contribution < -0.4 is 15.1 Å². The van der Waals surface area contributed by atoms with Gasteiger partial charge in [0.15, 0.2) is 0 Å². The lowest BCUT2D eigenvalue weighted by Crippen LogP contribution is -2.67. The molecule has 0 aliphatic rings. The molecule has 1 aromatic heterocycles. The molecule has 0 radical (unpaired) electrons. The summed E-state index contributed by atoms with van der Waals surface area (Å²) in [6.07, 6.45) is -0.275. The molecule has 0 saturated heterocycles. The summed E-state index contributed by atoms with van der Waals surface area (Å²) in [4.78, 5) is 4.60. The van der Waals surface area contributed by atoms with Crippen molar-refractivity contribution in [1.29, 1.82) is 0 Å². The molecule has 0 fully saturated rings. The monoisotopic (exact) mass is 631 g/mol. The molecule has 3 unspecified atom stereocenters. The largest absolute Gasteiger partial charge is 0.494 e. The summed E-state index contributed by atoms with van der Waals surface area (Å²) in [6, 6.07) is 20.7. The maximum absolute atomic E-state index is 11.3. The number of rotatable bonds is 13. The average molecular weight is 633 g/mol. The summed E-state index contributed by atoms with van der Waals surface area (Å²) < 4.78 is 25.6. The van der Waals surface area contributed by atoms with Crippen molar-refractivity contribution in [3.05, 3.63) is 82.6 Å². The van der Waals surface area contributed by atoms with Gasteiger partial charge in [0.05, 0.1) is 13.7 Å². The first-order valence-corrected chi connectivity index (χ1v) is 16.0. The summed E-state index contributed by atoms with van der Waals surface area (Å²) in [5.41, 5.74) is -0.0952. The van der Waals surface area contributed by atoms with E-state index in [2.05, 4.69) is 66.0 Å². The molecule has 2 N–H and O–H groups in total. The van der Waals surface area contributed by atoms with E-state index in [0.717, 1.165) is 20.4 Å². The Kier molecular flexibility index (Phi) is 11.1. The van der Waals surface area contributed by atoms with Crippen LogP contribution in [-0.2, 0) is 13.9 Å². The number of aliphatic hydroxyl groups is 2. The van der Waals surface area contributed by atoms with Crippen molar-refractivity contribution in [2.24, 2.45) is 0 Å². The fourth-order valence-corrected chi connectivity index (χ4v) is 10.5. The molecule has 3 atom stereocenters. The lowest BCUT2D eigenvalue weighted by atomic mass is 9.84. The predicted octanol–water partition coefficient (Wildman–Crippen LogP) is 4.55. The van der Waals surface area contributed by atoms with Crippen LogP contribution in [0.4, 0.5) is 0 Å². The summed E-state index contributed by atoms with van der Waals surface area (Å²) >= 11 is 3.51. The first kappa shape index (κ1) is 32.4. The zero-order chi connectivity index (χ0) is 29.6. The van der Waals surface area contributed by atoms with Crippen LogP contribution in [0.25, 0.3) is 0 Å². The van der Waals surface area contributed by atoms with Crippen LogP contribution in [-0.4, -0.2) is 69.8 Å². The third-order valence-electron chi connectivity index (χ3n) is 7.73. The zero-order valence-electron chi connectivity index (χ0n) is 24.5. The Labute approximate surface area is 247 Å². The molecule has 1 heterocycles. The second kappa shape index (κ2) is 13.7. The van der Waals surface area contributed by atoms with Gasteiger partial charge >= 0.3 is 0 Å². The third-order valence-corrected chi connectivity index (χ3v) is 13.6. The fraction of sp³-hybridized carbons (Fsp3) is 0.452. The van der Waals surface area contributed by atoms with E-state index in [1.165, 1.54) is 14.2 Å². The predicted molar refractivity (Wildman–Crippen MR) is 164 cm³/mol. The Morgan fingerprint density at radius 2 is 1.50 bits per heavy atom. The van der Waals surface area contributed by atoms with Crippen LogP contribution in [0.1, 0.15) is 44.6 Å². The van der Waals surface area contributed by atoms with E-state index in [-0.39, 0.29) is 18.1 Å². The first-order chi connectivity index (χ1) is 19.0. The number of aromatic nitrogens is 1. The number of benzene rings is 2. The number of hydrogen-bond acceptors (Lipinski definition) is 7. The van der Waals surface area contributed by atoms with Crippen molar-refractivity contribution in [2.45, 2.75) is 57.0 Å². The van der Waals surface area contributed by atoms with E-state index in [1.54, 1.807) is 13.3 Å². The van der Waals surface area contributed by atoms with Crippen molar-refractivity contribution < 1.29 is 28.8 Å². The minimum Gasteiger partial charge on any atom is -0.494 e. The maximum Gasteiger partial charge on any atom is 0.261 e. The van der Waals surface area contributed by atoms with E-state index in [0.29, 0.717) is 11.4 Å². The van der Waals surface area contributed by atoms with Gasteiger partial charge in [-0.2, -0.15) is 0 Å². The number of halogens is 1. The lowest BCUT2D eigenvalue weighted by Gasteiger charge is -2.45. The molecule has 218 valence electrons. The van der Waals surface area contributed by atoms with Crippen LogP contribution in [0, 0.1) is 6.92 Å². The highest BCUT2D eigenvalue weighted by Gasteiger charge is 2.52. The summed E-state index contributed by atoms with van der Waals surface area (Å²) in [5, 5.41) is 23.5. The summed E-state index contributed by atoms with van der Waals surface area (Å²) in [7, 11) is 1.75. The highest BCUT2D eigenvalue weighted by molar-refractivity contribution is 9.10. The maximum atomic E-state index is 11.3. The van der Waals surface area contributed by atoms with E-state index < -0.39 is 32.7 Å². The Morgan fingerprint density at radius 3 is 1.93 bits per heavy atom. The van der Waals surface area contributed by atoms with Gasteiger partial charge in [0.1, 0.15) is 29.3 Å². The Hall–Kier alpha value is -2.11. The Bertz CT molecular complexity index is 1180. The molecule has 7 nitrogen and oxygen atoms in total. The molecule has 3 rings (SSSR count). The van der Waals surface area contributed by atoms with E-state index in [1.807, 2.05) is 43.3 Å². The molecule has 0 amide bonds. The van der Waals surface area contributed by atoms with E-state index >= 15 is 0 Å². The molecule has 0 saturated carbocycles. The van der Waals surface area contributed by atoms with Gasteiger partial charge in [-0.25, -0.2) is 0 Å². The molecule has 2 aromatic carbocycles. The molecule has 0 aliphatic heterocycles. The van der Waals surface area contributed by atoms with Crippen molar-refractivity contribution in [1.82, 2.24) is 4.98 Å². The van der Waals surface area contributed by atoms with Gasteiger partial charge in [0.2, 0.25) is 0 Å². The minimum absolute atomic E-state index is 0.216. The van der Waals surface area contributed by atoms with Crippen molar-refractivity contribution >= 4 is 34.6 Å². The van der Waals surface area contributed by atoms with Gasteiger partial charge in [-0.15, -0.1) is 0 Å². The molecule has 3 aromatic rings. The number of hydrogen-bond donors (Lipinski definition) is 2. The van der Waals surface area contributed by atoms with Crippen LogP contribution >= 0.6 is 15.9 Å². The zero-order valence-corrected chi connectivity index (χ0v) is 27.1. The van der Waals surface area contributed by atoms with Crippen LogP contribution in [0.3, 0.4) is 0 Å². The highest BCUT2D eigenvalue weighted by Crippen LogP contribution is 2.43. The lowest BCUT2D eigenvalue weighted by molar-refractivity contribution is -0.194. The second-order valence-electron chi connectivity index (χ2n) is 10.9. The number of pyridine rings is 1. The second-order valence-corrected chi connectivity index (χ2v) is 16.0. The van der Waals surface area contributed by atoms with Crippen molar-refractivity contribution in [3.8, 4) is 5.75 Å². The van der Waals surface area contributed by atoms with Gasteiger partial charge in [-0.05, 0) is 38.3 Å².